The van der Waals surface area contributed by atoms with Gasteiger partial charge < -0.3 is 19.9 Å². The standard InChI is InChI=1S/C15H21NO5S/c1-3-22-9-8-11(15(18)19)16-14(17)10-21-13-7-5-4-6-12(13)20-2/h4-7,11H,3,8-10H2,1-2H3,(H,16,17)(H,18,19). The fourth-order valence-electron chi connectivity index (χ4n) is 1.72. The lowest BCUT2D eigenvalue weighted by Gasteiger charge is -2.15. The molecular formula is C15H21NO5S. The van der Waals surface area contributed by atoms with Gasteiger partial charge in [0.1, 0.15) is 6.04 Å². The first-order valence-electron chi connectivity index (χ1n) is 6.94. The minimum atomic E-state index is -1.04. The molecule has 22 heavy (non-hydrogen) atoms. The van der Waals surface area contributed by atoms with E-state index in [1.807, 2.05) is 6.92 Å². The minimum absolute atomic E-state index is 0.259. The maximum Gasteiger partial charge on any atom is 0.326 e. The van der Waals surface area contributed by atoms with E-state index in [1.165, 1.54) is 7.11 Å². The van der Waals surface area contributed by atoms with E-state index < -0.39 is 17.9 Å². The Labute approximate surface area is 134 Å². The number of thioether (sulfide) groups is 1. The molecule has 6 nitrogen and oxygen atoms in total. The van der Waals surface area contributed by atoms with Crippen molar-refractivity contribution in [3.63, 3.8) is 0 Å². The lowest BCUT2D eigenvalue weighted by Crippen LogP contribution is -2.43. The van der Waals surface area contributed by atoms with Crippen LogP contribution in [-0.4, -0.2) is 48.2 Å². The molecule has 0 heterocycles. The van der Waals surface area contributed by atoms with Crippen LogP contribution in [0.5, 0.6) is 11.5 Å². The first kappa shape index (κ1) is 18.2. The van der Waals surface area contributed by atoms with Crippen LogP contribution in [0.4, 0.5) is 0 Å². The Balaban J connectivity index is 2.48. The number of hydrogen-bond acceptors (Lipinski definition) is 5. The normalized spacial score (nSPS) is 11.5. The molecule has 0 aliphatic rings. The summed E-state index contributed by atoms with van der Waals surface area (Å²) in [7, 11) is 1.51. The highest BCUT2D eigenvalue weighted by Crippen LogP contribution is 2.25. The van der Waals surface area contributed by atoms with Crippen molar-refractivity contribution in [2.75, 3.05) is 25.2 Å². The number of carboxylic acids is 1. The number of hydrogen-bond donors (Lipinski definition) is 2. The molecule has 2 N–H and O–H groups in total. The number of ether oxygens (including phenoxy) is 2. The lowest BCUT2D eigenvalue weighted by atomic mass is 10.2. The summed E-state index contributed by atoms with van der Waals surface area (Å²) in [5.74, 6) is 1.04. The summed E-state index contributed by atoms with van der Waals surface area (Å²) in [6.07, 6.45) is 0.383. The van der Waals surface area contributed by atoms with Crippen LogP contribution in [0.2, 0.25) is 0 Å². The Morgan fingerprint density at radius 1 is 1.32 bits per heavy atom. The average Bonchev–Trinajstić information content (AvgIpc) is 2.52. The van der Waals surface area contributed by atoms with Crippen LogP contribution in [0.3, 0.4) is 0 Å². The third-order valence-electron chi connectivity index (χ3n) is 2.82. The van der Waals surface area contributed by atoms with E-state index in [0.29, 0.717) is 23.7 Å². The van der Waals surface area contributed by atoms with Gasteiger partial charge >= 0.3 is 5.97 Å². The van der Waals surface area contributed by atoms with Crippen LogP contribution >= 0.6 is 11.8 Å². The van der Waals surface area contributed by atoms with Gasteiger partial charge in [0.15, 0.2) is 18.1 Å². The summed E-state index contributed by atoms with van der Waals surface area (Å²) in [5, 5.41) is 11.6. The van der Waals surface area contributed by atoms with Crippen LogP contribution in [0, 0.1) is 0 Å². The van der Waals surface area contributed by atoms with Crippen molar-refractivity contribution < 1.29 is 24.2 Å². The maximum absolute atomic E-state index is 11.8. The van der Waals surface area contributed by atoms with Crippen molar-refractivity contribution >= 4 is 23.6 Å². The van der Waals surface area contributed by atoms with E-state index in [-0.39, 0.29) is 6.61 Å². The van der Waals surface area contributed by atoms with Crippen LogP contribution < -0.4 is 14.8 Å². The summed E-state index contributed by atoms with van der Waals surface area (Å²) >= 11 is 1.63. The number of carbonyl (C=O) groups excluding carboxylic acids is 1. The number of aliphatic carboxylic acids is 1. The van der Waals surface area contributed by atoms with Crippen molar-refractivity contribution in [2.45, 2.75) is 19.4 Å². The molecule has 0 aromatic heterocycles. The molecule has 1 amide bonds. The fraction of sp³-hybridized carbons (Fsp3) is 0.467. The molecule has 7 heteroatoms. The number of methoxy groups -OCH3 is 1. The largest absolute Gasteiger partial charge is 0.493 e. The van der Waals surface area contributed by atoms with E-state index in [4.69, 9.17) is 14.6 Å². The second kappa shape index (κ2) is 9.94. The smallest absolute Gasteiger partial charge is 0.326 e. The molecule has 0 fully saturated rings. The zero-order chi connectivity index (χ0) is 16.4. The summed E-state index contributed by atoms with van der Waals surface area (Å²) in [6, 6.07) is 6.05. The molecule has 122 valence electrons. The zero-order valence-electron chi connectivity index (χ0n) is 12.7. The van der Waals surface area contributed by atoms with Gasteiger partial charge in [0, 0.05) is 0 Å². The Morgan fingerprint density at radius 3 is 2.59 bits per heavy atom. The van der Waals surface area contributed by atoms with Gasteiger partial charge in [-0.25, -0.2) is 4.79 Å². The second-order valence-corrected chi connectivity index (χ2v) is 5.78. The summed E-state index contributed by atoms with van der Waals surface area (Å²) in [4.78, 5) is 22.9. The molecule has 0 saturated heterocycles. The summed E-state index contributed by atoms with van der Waals surface area (Å²) in [5.41, 5.74) is 0. The highest BCUT2D eigenvalue weighted by atomic mass is 32.2. The topological polar surface area (TPSA) is 84.9 Å². The Morgan fingerprint density at radius 2 is 2.00 bits per heavy atom. The number of amides is 1. The van der Waals surface area contributed by atoms with Gasteiger partial charge in [-0.1, -0.05) is 19.1 Å². The molecule has 1 unspecified atom stereocenters. The third kappa shape index (κ3) is 6.26. The number of para-hydroxylation sites is 2. The highest BCUT2D eigenvalue weighted by molar-refractivity contribution is 7.99. The zero-order valence-corrected chi connectivity index (χ0v) is 13.5. The molecule has 1 aromatic rings. The van der Waals surface area contributed by atoms with Crippen LogP contribution in [0.15, 0.2) is 24.3 Å². The SMILES string of the molecule is CCSCCC(NC(=O)COc1ccccc1OC)C(=O)O. The quantitative estimate of drug-likeness (QED) is 0.637. The summed E-state index contributed by atoms with van der Waals surface area (Å²) < 4.78 is 10.5. The van der Waals surface area contributed by atoms with Crippen molar-refractivity contribution in [1.29, 1.82) is 0 Å². The number of carboxylic acid groups (broad SMARTS) is 1. The summed E-state index contributed by atoms with van der Waals surface area (Å²) in [6.45, 7) is 1.74. The van der Waals surface area contributed by atoms with Gasteiger partial charge in [-0.2, -0.15) is 11.8 Å². The van der Waals surface area contributed by atoms with Crippen molar-refractivity contribution in [3.8, 4) is 11.5 Å². The van der Waals surface area contributed by atoms with Gasteiger partial charge in [0.2, 0.25) is 0 Å². The molecule has 1 atom stereocenters. The number of nitrogens with one attached hydrogen (secondary N) is 1. The first-order valence-corrected chi connectivity index (χ1v) is 8.09. The first-order chi connectivity index (χ1) is 10.6. The van der Waals surface area contributed by atoms with Crippen molar-refractivity contribution in [1.82, 2.24) is 5.32 Å². The second-order valence-electron chi connectivity index (χ2n) is 4.38. The van der Waals surface area contributed by atoms with Crippen molar-refractivity contribution in [3.05, 3.63) is 24.3 Å². The molecule has 0 saturated carbocycles. The minimum Gasteiger partial charge on any atom is -0.493 e. The van der Waals surface area contributed by atoms with Crippen LogP contribution in [-0.2, 0) is 9.59 Å². The molecule has 0 radical (unpaired) electrons. The van der Waals surface area contributed by atoms with Crippen LogP contribution in [0.25, 0.3) is 0 Å². The van der Waals surface area contributed by atoms with E-state index in [2.05, 4.69) is 5.32 Å². The van der Waals surface area contributed by atoms with E-state index in [0.717, 1.165) is 5.75 Å². The third-order valence-corrected chi connectivity index (χ3v) is 3.75. The van der Waals surface area contributed by atoms with E-state index in [9.17, 15) is 9.59 Å². The average molecular weight is 327 g/mol. The number of carbonyl (C=O) groups is 2. The van der Waals surface area contributed by atoms with Gasteiger partial charge in [0.25, 0.3) is 5.91 Å². The highest BCUT2D eigenvalue weighted by Gasteiger charge is 2.19. The van der Waals surface area contributed by atoms with Gasteiger partial charge in [0.05, 0.1) is 7.11 Å². The molecule has 0 spiro atoms. The molecule has 0 aliphatic heterocycles. The maximum atomic E-state index is 11.8. The van der Waals surface area contributed by atoms with Gasteiger partial charge in [-0.3, -0.25) is 4.79 Å². The van der Waals surface area contributed by atoms with Gasteiger partial charge in [-0.05, 0) is 30.1 Å². The molecule has 0 aliphatic carbocycles. The lowest BCUT2D eigenvalue weighted by molar-refractivity contribution is -0.142. The molecule has 1 aromatic carbocycles. The predicted octanol–water partition coefficient (Wildman–Crippen LogP) is 1.79. The number of rotatable bonds is 10. The monoisotopic (exact) mass is 327 g/mol. The Kier molecular flexibility index (Phi) is 8.21. The van der Waals surface area contributed by atoms with E-state index >= 15 is 0 Å². The molecular weight excluding hydrogens is 306 g/mol. The Bertz CT molecular complexity index is 495. The fourth-order valence-corrected chi connectivity index (χ4v) is 2.41. The molecule has 1 rings (SSSR count). The van der Waals surface area contributed by atoms with Crippen LogP contribution in [0.1, 0.15) is 13.3 Å². The molecule has 0 bridgehead atoms. The predicted molar refractivity (Wildman–Crippen MR) is 85.7 cm³/mol. The van der Waals surface area contributed by atoms with E-state index in [1.54, 1.807) is 36.0 Å². The van der Waals surface area contributed by atoms with Gasteiger partial charge in [-0.15, -0.1) is 0 Å². The number of benzene rings is 1. The van der Waals surface area contributed by atoms with Crippen molar-refractivity contribution in [2.24, 2.45) is 0 Å². The Hall–Kier alpha value is -1.89.